The predicted molar refractivity (Wildman–Crippen MR) is 77.0 cm³/mol. The van der Waals surface area contributed by atoms with E-state index in [4.69, 9.17) is 14.0 Å². The van der Waals surface area contributed by atoms with Crippen molar-refractivity contribution in [3.05, 3.63) is 60.2 Å². The fourth-order valence-corrected chi connectivity index (χ4v) is 1.89. The Morgan fingerprint density at radius 1 is 1.14 bits per heavy atom. The Morgan fingerprint density at radius 3 is 2.82 bits per heavy atom. The van der Waals surface area contributed by atoms with Gasteiger partial charge < -0.3 is 14.0 Å². The van der Waals surface area contributed by atoms with Gasteiger partial charge in [0, 0.05) is 5.56 Å². The van der Waals surface area contributed by atoms with E-state index in [2.05, 4.69) is 10.1 Å². The van der Waals surface area contributed by atoms with Crippen molar-refractivity contribution in [1.29, 1.82) is 0 Å². The van der Waals surface area contributed by atoms with Crippen molar-refractivity contribution in [2.75, 3.05) is 7.11 Å². The second-order valence-electron chi connectivity index (χ2n) is 4.47. The molecule has 0 spiro atoms. The molecule has 0 radical (unpaired) electrons. The maximum atomic E-state index is 13.4. The first-order valence-corrected chi connectivity index (χ1v) is 6.60. The quantitative estimate of drug-likeness (QED) is 0.722. The zero-order valence-corrected chi connectivity index (χ0v) is 11.8. The summed E-state index contributed by atoms with van der Waals surface area (Å²) < 4.78 is 29.1. The summed E-state index contributed by atoms with van der Waals surface area (Å²) in [6.45, 7) is 0.0222. The highest BCUT2D eigenvalue weighted by atomic mass is 19.1. The number of para-hydroxylation sites is 1. The molecular weight excluding hydrogens is 287 g/mol. The summed E-state index contributed by atoms with van der Waals surface area (Å²) >= 11 is 0. The van der Waals surface area contributed by atoms with Crippen LogP contribution >= 0.6 is 0 Å². The second-order valence-corrected chi connectivity index (χ2v) is 4.47. The van der Waals surface area contributed by atoms with Crippen LogP contribution < -0.4 is 9.47 Å². The fourth-order valence-electron chi connectivity index (χ4n) is 1.89. The SMILES string of the molecule is COc1cccc(-c2nc(COc3ccccc3F)no2)c1. The molecule has 0 aliphatic carbocycles. The van der Waals surface area contributed by atoms with Gasteiger partial charge in [-0.15, -0.1) is 0 Å². The Hall–Kier alpha value is -2.89. The number of ether oxygens (including phenoxy) is 2. The number of methoxy groups -OCH3 is 1. The van der Waals surface area contributed by atoms with E-state index in [0.717, 1.165) is 5.56 Å². The van der Waals surface area contributed by atoms with Gasteiger partial charge in [-0.25, -0.2) is 4.39 Å². The minimum absolute atomic E-state index is 0.0222. The van der Waals surface area contributed by atoms with E-state index >= 15 is 0 Å². The Bertz CT molecular complexity index is 773. The molecule has 22 heavy (non-hydrogen) atoms. The second kappa shape index (κ2) is 6.26. The van der Waals surface area contributed by atoms with Crippen molar-refractivity contribution < 1.29 is 18.4 Å². The zero-order chi connectivity index (χ0) is 15.4. The van der Waals surface area contributed by atoms with Crippen LogP contribution in [0, 0.1) is 5.82 Å². The summed E-state index contributed by atoms with van der Waals surface area (Å²) in [7, 11) is 1.58. The van der Waals surface area contributed by atoms with Gasteiger partial charge in [-0.1, -0.05) is 23.4 Å². The molecular formula is C16H13FN2O3. The highest BCUT2D eigenvalue weighted by Gasteiger charge is 2.11. The molecule has 0 saturated carbocycles. The van der Waals surface area contributed by atoms with Crippen LogP contribution in [0.4, 0.5) is 4.39 Å². The zero-order valence-electron chi connectivity index (χ0n) is 11.8. The molecule has 1 heterocycles. The smallest absolute Gasteiger partial charge is 0.258 e. The Morgan fingerprint density at radius 2 is 2.00 bits per heavy atom. The monoisotopic (exact) mass is 300 g/mol. The van der Waals surface area contributed by atoms with E-state index in [1.54, 1.807) is 31.4 Å². The highest BCUT2D eigenvalue weighted by molar-refractivity contribution is 5.55. The Labute approximate surface area is 126 Å². The van der Waals surface area contributed by atoms with Gasteiger partial charge in [0.2, 0.25) is 5.82 Å². The lowest BCUT2D eigenvalue weighted by Crippen LogP contribution is -1.99. The average molecular weight is 300 g/mol. The number of aromatic nitrogens is 2. The third kappa shape index (κ3) is 3.06. The van der Waals surface area contributed by atoms with Crippen molar-refractivity contribution in [1.82, 2.24) is 10.1 Å². The summed E-state index contributed by atoms with van der Waals surface area (Å²) in [5, 5.41) is 3.82. The van der Waals surface area contributed by atoms with E-state index < -0.39 is 5.82 Å². The van der Waals surface area contributed by atoms with Crippen LogP contribution in [0.15, 0.2) is 53.1 Å². The van der Waals surface area contributed by atoms with E-state index in [0.29, 0.717) is 17.5 Å². The van der Waals surface area contributed by atoms with Gasteiger partial charge in [0.25, 0.3) is 5.89 Å². The van der Waals surface area contributed by atoms with Crippen LogP contribution in [-0.4, -0.2) is 17.3 Å². The lowest BCUT2D eigenvalue weighted by atomic mass is 10.2. The van der Waals surface area contributed by atoms with Gasteiger partial charge in [0.15, 0.2) is 18.2 Å². The van der Waals surface area contributed by atoms with Gasteiger partial charge in [-0.2, -0.15) is 4.98 Å². The van der Waals surface area contributed by atoms with E-state index in [1.807, 2.05) is 18.2 Å². The molecule has 0 atom stereocenters. The molecule has 112 valence electrons. The third-order valence-electron chi connectivity index (χ3n) is 2.98. The topological polar surface area (TPSA) is 57.4 Å². The molecule has 5 nitrogen and oxygen atoms in total. The van der Waals surface area contributed by atoms with Gasteiger partial charge in [0.05, 0.1) is 7.11 Å². The highest BCUT2D eigenvalue weighted by Crippen LogP contribution is 2.22. The first-order chi connectivity index (χ1) is 10.8. The summed E-state index contributed by atoms with van der Waals surface area (Å²) in [5.41, 5.74) is 0.740. The molecule has 0 bridgehead atoms. The van der Waals surface area contributed by atoms with Crippen LogP contribution in [0.3, 0.4) is 0 Å². The fraction of sp³-hybridized carbons (Fsp3) is 0.125. The van der Waals surface area contributed by atoms with Crippen LogP contribution in [-0.2, 0) is 6.61 Å². The summed E-state index contributed by atoms with van der Waals surface area (Å²) in [6.07, 6.45) is 0. The average Bonchev–Trinajstić information content (AvgIpc) is 3.03. The van der Waals surface area contributed by atoms with Crippen molar-refractivity contribution >= 4 is 0 Å². The van der Waals surface area contributed by atoms with Crippen LogP contribution in [0.5, 0.6) is 11.5 Å². The standard InChI is InChI=1S/C16H13FN2O3/c1-20-12-6-4-5-11(9-12)16-18-15(19-22-16)10-21-14-8-3-2-7-13(14)17/h2-9H,10H2,1H3. The molecule has 0 fully saturated rings. The Kier molecular flexibility index (Phi) is 4.00. The maximum absolute atomic E-state index is 13.4. The number of nitrogens with zero attached hydrogens (tertiary/aromatic N) is 2. The first kappa shape index (κ1) is 14.1. The molecule has 1 aromatic heterocycles. The van der Waals surface area contributed by atoms with Crippen molar-refractivity contribution in [3.8, 4) is 23.0 Å². The molecule has 0 amide bonds. The summed E-state index contributed by atoms with van der Waals surface area (Å²) in [6, 6.07) is 13.4. The van der Waals surface area contributed by atoms with Crippen LogP contribution in [0.25, 0.3) is 11.5 Å². The minimum Gasteiger partial charge on any atom is -0.497 e. The first-order valence-electron chi connectivity index (χ1n) is 6.60. The molecule has 0 N–H and O–H groups in total. The number of rotatable bonds is 5. The van der Waals surface area contributed by atoms with Crippen LogP contribution in [0.2, 0.25) is 0 Å². The molecule has 0 unspecified atom stereocenters. The lowest BCUT2D eigenvalue weighted by Gasteiger charge is -2.03. The molecule has 2 aromatic carbocycles. The molecule has 0 saturated heterocycles. The summed E-state index contributed by atoms with van der Waals surface area (Å²) in [4.78, 5) is 4.22. The molecule has 6 heteroatoms. The van der Waals surface area contributed by atoms with Gasteiger partial charge in [0.1, 0.15) is 5.75 Å². The van der Waals surface area contributed by atoms with Crippen molar-refractivity contribution in [2.45, 2.75) is 6.61 Å². The molecule has 3 rings (SSSR count). The normalized spacial score (nSPS) is 10.5. The lowest BCUT2D eigenvalue weighted by molar-refractivity contribution is 0.274. The number of hydrogen-bond donors (Lipinski definition) is 0. The van der Waals surface area contributed by atoms with Crippen LogP contribution in [0.1, 0.15) is 5.82 Å². The van der Waals surface area contributed by atoms with Gasteiger partial charge >= 0.3 is 0 Å². The third-order valence-corrected chi connectivity index (χ3v) is 2.98. The molecule has 3 aromatic rings. The predicted octanol–water partition coefficient (Wildman–Crippen LogP) is 3.46. The van der Waals surface area contributed by atoms with Gasteiger partial charge in [-0.3, -0.25) is 0 Å². The van der Waals surface area contributed by atoms with Crippen molar-refractivity contribution in [2.24, 2.45) is 0 Å². The van der Waals surface area contributed by atoms with Crippen molar-refractivity contribution in [3.63, 3.8) is 0 Å². The number of halogens is 1. The maximum Gasteiger partial charge on any atom is 0.258 e. The Balaban J connectivity index is 1.72. The minimum atomic E-state index is -0.431. The van der Waals surface area contributed by atoms with E-state index in [-0.39, 0.29) is 12.4 Å². The van der Waals surface area contributed by atoms with E-state index in [9.17, 15) is 4.39 Å². The van der Waals surface area contributed by atoms with Gasteiger partial charge in [-0.05, 0) is 30.3 Å². The molecule has 0 aliphatic rings. The van der Waals surface area contributed by atoms with E-state index in [1.165, 1.54) is 6.07 Å². The molecule has 0 aliphatic heterocycles. The largest absolute Gasteiger partial charge is 0.497 e. The number of hydrogen-bond acceptors (Lipinski definition) is 5. The summed E-state index contributed by atoms with van der Waals surface area (Å²) in [5.74, 6) is 1.10. The number of benzene rings is 2.